The van der Waals surface area contributed by atoms with E-state index < -0.39 is 15.8 Å². The van der Waals surface area contributed by atoms with Gasteiger partial charge < -0.3 is 5.32 Å². The van der Waals surface area contributed by atoms with Crippen LogP contribution in [0.5, 0.6) is 0 Å². The lowest BCUT2D eigenvalue weighted by atomic mass is 9.86. The predicted octanol–water partition coefficient (Wildman–Crippen LogP) is 4.72. The van der Waals surface area contributed by atoms with E-state index in [1.807, 2.05) is 0 Å². The van der Waals surface area contributed by atoms with Gasteiger partial charge in [-0.05, 0) is 46.6 Å². The Balaban J connectivity index is 1.55. The maximum atomic E-state index is 14.1. The van der Waals surface area contributed by atoms with E-state index >= 15 is 0 Å². The normalized spacial score (nSPS) is 18.9. The van der Waals surface area contributed by atoms with Gasteiger partial charge in [0.05, 0.1) is 16.9 Å². The van der Waals surface area contributed by atoms with Crippen molar-refractivity contribution in [1.29, 1.82) is 0 Å². The zero-order valence-corrected chi connectivity index (χ0v) is 18.8. The summed E-state index contributed by atoms with van der Waals surface area (Å²) in [4.78, 5) is 0.786. The Hall–Kier alpha value is -1.99. The first kappa shape index (κ1) is 21.7. The number of halogens is 1. The van der Waals surface area contributed by atoms with Gasteiger partial charge in [0.1, 0.15) is 5.82 Å². The van der Waals surface area contributed by atoms with E-state index in [9.17, 15) is 12.8 Å². The molecule has 0 heterocycles. The SMILES string of the molecule is CC(C)(C)c1ccc(C2CC2C(=S)NCc2ccc(NS(C)(=O)=O)c(F)c2)cc1. The molecule has 2 aromatic rings. The minimum absolute atomic E-state index is 0.0558. The van der Waals surface area contributed by atoms with Crippen molar-refractivity contribution in [3.05, 3.63) is 65.0 Å². The van der Waals surface area contributed by atoms with Crippen molar-refractivity contribution in [3.8, 4) is 0 Å². The van der Waals surface area contributed by atoms with Crippen LogP contribution in [0, 0.1) is 11.7 Å². The van der Waals surface area contributed by atoms with Crippen LogP contribution in [0.3, 0.4) is 0 Å². The van der Waals surface area contributed by atoms with E-state index in [1.165, 1.54) is 23.3 Å². The van der Waals surface area contributed by atoms with Crippen molar-refractivity contribution in [2.75, 3.05) is 11.0 Å². The highest BCUT2D eigenvalue weighted by atomic mass is 32.2. The van der Waals surface area contributed by atoms with Crippen molar-refractivity contribution in [2.24, 2.45) is 5.92 Å². The van der Waals surface area contributed by atoms with Crippen LogP contribution in [0.15, 0.2) is 42.5 Å². The number of hydrogen-bond donors (Lipinski definition) is 2. The Bertz CT molecular complexity index is 1010. The second kappa shape index (κ2) is 8.03. The van der Waals surface area contributed by atoms with Gasteiger partial charge in [-0.25, -0.2) is 12.8 Å². The molecule has 2 N–H and O–H groups in total. The van der Waals surface area contributed by atoms with E-state index in [1.54, 1.807) is 6.07 Å². The monoisotopic (exact) mass is 434 g/mol. The molecule has 0 aromatic heterocycles. The van der Waals surface area contributed by atoms with Gasteiger partial charge in [-0.3, -0.25) is 4.72 Å². The van der Waals surface area contributed by atoms with Crippen LogP contribution >= 0.6 is 12.2 Å². The van der Waals surface area contributed by atoms with E-state index in [4.69, 9.17) is 12.2 Å². The molecule has 156 valence electrons. The predicted molar refractivity (Wildman–Crippen MR) is 120 cm³/mol. The van der Waals surface area contributed by atoms with Crippen LogP contribution in [0.25, 0.3) is 0 Å². The summed E-state index contributed by atoms with van der Waals surface area (Å²) >= 11 is 5.54. The fraction of sp³-hybridized carbons (Fsp3) is 0.409. The summed E-state index contributed by atoms with van der Waals surface area (Å²) in [5.41, 5.74) is 3.40. The van der Waals surface area contributed by atoms with Gasteiger partial charge in [0.2, 0.25) is 10.0 Å². The third-order valence-electron chi connectivity index (χ3n) is 5.13. The number of benzene rings is 2. The maximum absolute atomic E-state index is 14.1. The van der Waals surface area contributed by atoms with Crippen molar-refractivity contribution < 1.29 is 12.8 Å². The largest absolute Gasteiger partial charge is 0.375 e. The molecule has 0 amide bonds. The van der Waals surface area contributed by atoms with E-state index in [0.717, 1.165) is 17.7 Å². The minimum Gasteiger partial charge on any atom is -0.375 e. The highest BCUT2D eigenvalue weighted by molar-refractivity contribution is 7.92. The molecule has 1 fully saturated rings. The molecule has 2 aromatic carbocycles. The summed E-state index contributed by atoms with van der Waals surface area (Å²) in [7, 11) is -3.51. The molecule has 7 heteroatoms. The number of rotatable bonds is 6. The molecule has 1 aliphatic rings. The van der Waals surface area contributed by atoms with Crippen molar-refractivity contribution in [2.45, 2.75) is 45.1 Å². The van der Waals surface area contributed by atoms with Gasteiger partial charge in [0.15, 0.2) is 0 Å². The van der Waals surface area contributed by atoms with Crippen LogP contribution in [-0.2, 0) is 22.0 Å². The molecule has 0 spiro atoms. The second-order valence-electron chi connectivity index (χ2n) is 8.73. The summed E-state index contributed by atoms with van der Waals surface area (Å²) in [6.45, 7) is 7.01. The van der Waals surface area contributed by atoms with Crippen molar-refractivity contribution >= 4 is 32.9 Å². The first-order chi connectivity index (χ1) is 13.4. The summed E-state index contributed by atoms with van der Waals surface area (Å²) in [6, 6.07) is 13.2. The molecule has 2 unspecified atom stereocenters. The Morgan fingerprint density at radius 2 is 1.83 bits per heavy atom. The summed E-state index contributed by atoms with van der Waals surface area (Å²) in [5.74, 6) is 0.132. The number of nitrogens with one attached hydrogen (secondary N) is 2. The Morgan fingerprint density at radius 1 is 1.17 bits per heavy atom. The zero-order chi connectivity index (χ0) is 21.4. The molecule has 29 heavy (non-hydrogen) atoms. The fourth-order valence-electron chi connectivity index (χ4n) is 3.35. The summed E-state index contributed by atoms with van der Waals surface area (Å²) < 4.78 is 38.7. The molecular formula is C22H27FN2O2S2. The number of anilines is 1. The molecule has 1 aliphatic carbocycles. The van der Waals surface area contributed by atoms with Gasteiger partial charge in [0, 0.05) is 12.5 Å². The van der Waals surface area contributed by atoms with E-state index in [2.05, 4.69) is 55.1 Å². The Labute approximate surface area is 178 Å². The average Bonchev–Trinajstić information content (AvgIpc) is 3.41. The molecule has 0 aliphatic heterocycles. The van der Waals surface area contributed by atoms with Crippen LogP contribution in [0.2, 0.25) is 0 Å². The summed E-state index contributed by atoms with van der Waals surface area (Å²) in [5, 5.41) is 3.22. The van der Waals surface area contributed by atoms with Gasteiger partial charge in [-0.1, -0.05) is 63.3 Å². The maximum Gasteiger partial charge on any atom is 0.229 e. The highest BCUT2D eigenvalue weighted by Crippen LogP contribution is 2.48. The fourth-order valence-corrected chi connectivity index (χ4v) is 4.25. The van der Waals surface area contributed by atoms with Crippen molar-refractivity contribution in [3.63, 3.8) is 0 Å². The zero-order valence-electron chi connectivity index (χ0n) is 17.1. The third kappa shape index (κ3) is 5.76. The molecule has 0 radical (unpaired) electrons. The topological polar surface area (TPSA) is 58.2 Å². The molecule has 1 saturated carbocycles. The quantitative estimate of drug-likeness (QED) is 0.646. The van der Waals surface area contributed by atoms with Gasteiger partial charge in [0.25, 0.3) is 0 Å². The summed E-state index contributed by atoms with van der Waals surface area (Å²) in [6.07, 6.45) is 2.01. The van der Waals surface area contributed by atoms with E-state index in [-0.39, 0.29) is 11.1 Å². The standard InChI is InChI=1S/C22H27FN2O2S2/c1-22(2,3)16-8-6-15(7-9-16)17-12-18(17)21(28)24-13-14-5-10-20(19(23)11-14)25-29(4,26)27/h5-11,17-18,25H,12-13H2,1-4H3,(H,24,28). The first-order valence-corrected chi connectivity index (χ1v) is 11.9. The molecule has 0 saturated heterocycles. The van der Waals surface area contributed by atoms with Crippen LogP contribution in [0.1, 0.15) is 49.8 Å². The van der Waals surface area contributed by atoms with Crippen LogP contribution in [-0.4, -0.2) is 19.7 Å². The van der Waals surface area contributed by atoms with Crippen LogP contribution in [0.4, 0.5) is 10.1 Å². The highest BCUT2D eigenvalue weighted by Gasteiger charge is 2.41. The van der Waals surface area contributed by atoms with Crippen LogP contribution < -0.4 is 10.0 Å². The Morgan fingerprint density at radius 3 is 2.38 bits per heavy atom. The number of thiocarbonyl (C=S) groups is 1. The van der Waals surface area contributed by atoms with Gasteiger partial charge in [-0.15, -0.1) is 0 Å². The number of sulfonamides is 1. The lowest BCUT2D eigenvalue weighted by Crippen LogP contribution is -2.23. The molecular weight excluding hydrogens is 407 g/mol. The van der Waals surface area contributed by atoms with Gasteiger partial charge in [-0.2, -0.15) is 0 Å². The average molecular weight is 435 g/mol. The Kier molecular flexibility index (Phi) is 6.01. The van der Waals surface area contributed by atoms with Gasteiger partial charge >= 0.3 is 0 Å². The molecule has 2 atom stereocenters. The lowest BCUT2D eigenvalue weighted by molar-refractivity contribution is 0.590. The minimum atomic E-state index is -3.51. The molecule has 3 rings (SSSR count). The van der Waals surface area contributed by atoms with E-state index in [0.29, 0.717) is 23.9 Å². The van der Waals surface area contributed by atoms with Crippen molar-refractivity contribution in [1.82, 2.24) is 5.32 Å². The second-order valence-corrected chi connectivity index (χ2v) is 10.9. The first-order valence-electron chi connectivity index (χ1n) is 9.58. The smallest absolute Gasteiger partial charge is 0.229 e. The number of hydrogen-bond acceptors (Lipinski definition) is 3. The molecule has 4 nitrogen and oxygen atoms in total. The third-order valence-corrected chi connectivity index (χ3v) is 6.17. The lowest BCUT2D eigenvalue weighted by Gasteiger charge is -2.19. The molecule has 0 bridgehead atoms.